The van der Waals surface area contributed by atoms with Crippen molar-refractivity contribution in [3.05, 3.63) is 82.2 Å². The normalized spacial score (nSPS) is 12.2. The highest BCUT2D eigenvalue weighted by Gasteiger charge is 2.21. The van der Waals surface area contributed by atoms with Gasteiger partial charge < -0.3 is 4.42 Å². The third-order valence-electron chi connectivity index (χ3n) is 3.60. The standard InChI is InChI=1S/C18H14O3/c1-12(13-7-3-2-4-8-13)17(19)15-11-14-9-5-6-10-16(14)21-18(15)20/h2-12H,1H3. The summed E-state index contributed by atoms with van der Waals surface area (Å²) in [7, 11) is 0. The van der Waals surface area contributed by atoms with Crippen LogP contribution >= 0.6 is 0 Å². The van der Waals surface area contributed by atoms with Crippen LogP contribution in [-0.4, -0.2) is 5.78 Å². The number of ketones is 1. The molecular formula is C18H14O3. The van der Waals surface area contributed by atoms with Crippen molar-refractivity contribution in [3.63, 3.8) is 0 Å². The van der Waals surface area contributed by atoms with Gasteiger partial charge in [-0.2, -0.15) is 0 Å². The molecule has 0 bridgehead atoms. The highest BCUT2D eigenvalue weighted by Crippen LogP contribution is 2.21. The lowest BCUT2D eigenvalue weighted by Gasteiger charge is -2.10. The molecule has 0 saturated carbocycles. The summed E-state index contributed by atoms with van der Waals surface area (Å²) >= 11 is 0. The van der Waals surface area contributed by atoms with Crippen LogP contribution in [0, 0.1) is 0 Å². The van der Waals surface area contributed by atoms with Crippen molar-refractivity contribution >= 4 is 16.8 Å². The Bertz CT molecular complexity index is 847. The van der Waals surface area contributed by atoms with E-state index in [2.05, 4.69) is 0 Å². The third-order valence-corrected chi connectivity index (χ3v) is 3.60. The predicted octanol–water partition coefficient (Wildman–Crippen LogP) is 3.78. The average Bonchev–Trinajstić information content (AvgIpc) is 2.53. The van der Waals surface area contributed by atoms with Crippen LogP contribution in [0.4, 0.5) is 0 Å². The van der Waals surface area contributed by atoms with Crippen LogP contribution in [0.1, 0.15) is 28.8 Å². The second kappa shape index (κ2) is 5.37. The minimum Gasteiger partial charge on any atom is -0.422 e. The molecule has 0 radical (unpaired) electrons. The Morgan fingerprint density at radius 3 is 2.43 bits per heavy atom. The maximum Gasteiger partial charge on any atom is 0.347 e. The summed E-state index contributed by atoms with van der Waals surface area (Å²) in [5.74, 6) is -0.601. The summed E-state index contributed by atoms with van der Waals surface area (Å²) in [5.41, 5.74) is 0.896. The predicted molar refractivity (Wildman–Crippen MR) is 81.7 cm³/mol. The fourth-order valence-electron chi connectivity index (χ4n) is 2.36. The Morgan fingerprint density at radius 1 is 1.00 bits per heavy atom. The van der Waals surface area contributed by atoms with Crippen LogP contribution in [-0.2, 0) is 0 Å². The third kappa shape index (κ3) is 2.50. The Morgan fingerprint density at radius 2 is 1.67 bits per heavy atom. The fourth-order valence-corrected chi connectivity index (χ4v) is 2.36. The molecule has 0 amide bonds. The van der Waals surface area contributed by atoms with E-state index in [-0.39, 0.29) is 17.3 Å². The lowest BCUT2D eigenvalue weighted by atomic mass is 9.93. The van der Waals surface area contributed by atoms with Crippen LogP contribution in [0.2, 0.25) is 0 Å². The van der Waals surface area contributed by atoms with Gasteiger partial charge in [-0.1, -0.05) is 55.5 Å². The molecule has 0 aliphatic rings. The quantitative estimate of drug-likeness (QED) is 0.541. The first-order valence-corrected chi connectivity index (χ1v) is 6.79. The van der Waals surface area contributed by atoms with Crippen molar-refractivity contribution in [3.8, 4) is 0 Å². The van der Waals surface area contributed by atoms with Crippen molar-refractivity contribution in [1.82, 2.24) is 0 Å². The van der Waals surface area contributed by atoms with Crippen LogP contribution in [0.5, 0.6) is 0 Å². The van der Waals surface area contributed by atoms with Crippen LogP contribution in [0.25, 0.3) is 11.0 Å². The van der Waals surface area contributed by atoms with Gasteiger partial charge in [0.2, 0.25) is 0 Å². The molecule has 1 atom stereocenters. The molecule has 0 N–H and O–H groups in total. The van der Waals surface area contributed by atoms with Gasteiger partial charge in [0, 0.05) is 11.3 Å². The molecular weight excluding hydrogens is 264 g/mol. The number of para-hydroxylation sites is 1. The molecule has 104 valence electrons. The molecule has 0 spiro atoms. The largest absolute Gasteiger partial charge is 0.422 e. The lowest BCUT2D eigenvalue weighted by Crippen LogP contribution is -2.18. The SMILES string of the molecule is CC(C(=O)c1cc2ccccc2oc1=O)c1ccccc1. The highest BCUT2D eigenvalue weighted by molar-refractivity contribution is 6.02. The van der Waals surface area contributed by atoms with E-state index >= 15 is 0 Å². The maximum atomic E-state index is 12.5. The molecule has 1 unspecified atom stereocenters. The molecule has 1 aromatic heterocycles. The molecule has 3 aromatic rings. The first-order chi connectivity index (χ1) is 10.2. The molecule has 2 aromatic carbocycles. The fraction of sp³-hybridized carbons (Fsp3) is 0.111. The van der Waals surface area contributed by atoms with Gasteiger partial charge in [0.15, 0.2) is 5.78 Å². The van der Waals surface area contributed by atoms with E-state index in [4.69, 9.17) is 4.42 Å². The average molecular weight is 278 g/mol. The number of benzene rings is 2. The monoisotopic (exact) mass is 278 g/mol. The van der Waals surface area contributed by atoms with Gasteiger partial charge >= 0.3 is 5.63 Å². The van der Waals surface area contributed by atoms with E-state index in [0.717, 1.165) is 10.9 Å². The molecule has 0 aliphatic heterocycles. The zero-order chi connectivity index (χ0) is 14.8. The van der Waals surface area contributed by atoms with Crippen molar-refractivity contribution in [2.45, 2.75) is 12.8 Å². The summed E-state index contributed by atoms with van der Waals surface area (Å²) in [6, 6.07) is 18.2. The highest BCUT2D eigenvalue weighted by atomic mass is 16.4. The first-order valence-electron chi connectivity index (χ1n) is 6.79. The van der Waals surface area contributed by atoms with Crippen molar-refractivity contribution in [2.75, 3.05) is 0 Å². The number of rotatable bonds is 3. The van der Waals surface area contributed by atoms with Gasteiger partial charge in [0.25, 0.3) is 0 Å². The first kappa shape index (κ1) is 13.3. The summed E-state index contributed by atoms with van der Waals surface area (Å²) in [6.45, 7) is 1.80. The minimum atomic E-state index is -0.582. The van der Waals surface area contributed by atoms with Crippen LogP contribution in [0.15, 0.2) is 69.9 Å². The van der Waals surface area contributed by atoms with Gasteiger partial charge in [0.05, 0.1) is 0 Å². The van der Waals surface area contributed by atoms with E-state index in [1.54, 1.807) is 25.1 Å². The van der Waals surface area contributed by atoms with Crippen molar-refractivity contribution < 1.29 is 9.21 Å². The lowest BCUT2D eigenvalue weighted by molar-refractivity contribution is 0.0962. The van der Waals surface area contributed by atoms with E-state index in [0.29, 0.717) is 5.58 Å². The summed E-state index contributed by atoms with van der Waals surface area (Å²) in [5, 5.41) is 0.751. The van der Waals surface area contributed by atoms with Crippen molar-refractivity contribution in [2.24, 2.45) is 0 Å². The molecule has 1 heterocycles. The Hall–Kier alpha value is -2.68. The van der Waals surface area contributed by atoms with Gasteiger partial charge in [-0.15, -0.1) is 0 Å². The maximum absolute atomic E-state index is 12.5. The minimum absolute atomic E-state index is 0.102. The number of hydrogen-bond donors (Lipinski definition) is 0. The van der Waals surface area contributed by atoms with Crippen LogP contribution < -0.4 is 5.63 Å². The van der Waals surface area contributed by atoms with Gasteiger partial charge in [0.1, 0.15) is 11.1 Å². The smallest absolute Gasteiger partial charge is 0.347 e. The van der Waals surface area contributed by atoms with Gasteiger partial charge in [-0.25, -0.2) is 4.79 Å². The molecule has 3 rings (SSSR count). The summed E-state index contributed by atoms with van der Waals surface area (Å²) in [4.78, 5) is 24.6. The number of Topliss-reactive ketones (excluding diaryl/α,β-unsaturated/α-hetero) is 1. The second-order valence-electron chi connectivity index (χ2n) is 4.98. The van der Waals surface area contributed by atoms with E-state index < -0.39 is 5.63 Å². The zero-order valence-electron chi connectivity index (χ0n) is 11.6. The number of carbonyl (C=O) groups is 1. The molecule has 0 fully saturated rings. The Kier molecular flexibility index (Phi) is 3.40. The molecule has 0 aliphatic carbocycles. The molecule has 3 nitrogen and oxygen atoms in total. The van der Waals surface area contributed by atoms with Gasteiger partial charge in [-0.3, -0.25) is 4.79 Å². The molecule has 21 heavy (non-hydrogen) atoms. The molecule has 0 saturated heterocycles. The number of fused-ring (bicyclic) bond motifs is 1. The number of hydrogen-bond acceptors (Lipinski definition) is 3. The second-order valence-corrected chi connectivity index (χ2v) is 4.98. The van der Waals surface area contributed by atoms with Crippen LogP contribution in [0.3, 0.4) is 0 Å². The van der Waals surface area contributed by atoms with Gasteiger partial charge in [-0.05, 0) is 17.7 Å². The number of carbonyl (C=O) groups excluding carboxylic acids is 1. The van der Waals surface area contributed by atoms with E-state index in [9.17, 15) is 9.59 Å². The van der Waals surface area contributed by atoms with E-state index in [1.165, 1.54) is 0 Å². The zero-order valence-corrected chi connectivity index (χ0v) is 11.6. The molecule has 3 heteroatoms. The van der Waals surface area contributed by atoms with Crippen molar-refractivity contribution in [1.29, 1.82) is 0 Å². The summed E-state index contributed by atoms with van der Waals surface area (Å²) < 4.78 is 5.22. The summed E-state index contributed by atoms with van der Waals surface area (Å²) in [6.07, 6.45) is 0. The Labute approximate surface area is 121 Å². The van der Waals surface area contributed by atoms with E-state index in [1.807, 2.05) is 42.5 Å². The topological polar surface area (TPSA) is 47.3 Å². The Balaban J connectivity index is 2.06.